The standard InChI is InChI=1S/C18H21ClN4O2/c1-11-5-6-13(8-15(11)19)23-17-9-16(21-12(2)22-17)18(24)20-10-14-4-3-7-25-14/h5-6,8-9,14H,3-4,7,10H2,1-2H3,(H,20,24)(H,21,22,23). The predicted octanol–water partition coefficient (Wildman–Crippen LogP) is 3.40. The summed E-state index contributed by atoms with van der Waals surface area (Å²) in [5.41, 5.74) is 2.13. The van der Waals surface area contributed by atoms with Gasteiger partial charge in [-0.1, -0.05) is 17.7 Å². The van der Waals surface area contributed by atoms with E-state index in [9.17, 15) is 4.79 Å². The van der Waals surface area contributed by atoms with Gasteiger partial charge in [-0.15, -0.1) is 0 Å². The molecule has 2 aromatic rings. The number of rotatable bonds is 5. The van der Waals surface area contributed by atoms with Gasteiger partial charge in [-0.2, -0.15) is 0 Å². The minimum atomic E-state index is -0.231. The molecule has 2 heterocycles. The predicted molar refractivity (Wildman–Crippen MR) is 97.5 cm³/mol. The van der Waals surface area contributed by atoms with E-state index < -0.39 is 0 Å². The molecule has 2 N–H and O–H groups in total. The molecule has 0 radical (unpaired) electrons. The highest BCUT2D eigenvalue weighted by atomic mass is 35.5. The molecule has 1 aliphatic rings. The van der Waals surface area contributed by atoms with Crippen molar-refractivity contribution in [2.24, 2.45) is 0 Å². The quantitative estimate of drug-likeness (QED) is 0.854. The lowest BCUT2D eigenvalue weighted by Gasteiger charge is -2.12. The Hall–Kier alpha value is -2.18. The molecule has 0 spiro atoms. The maximum atomic E-state index is 12.4. The summed E-state index contributed by atoms with van der Waals surface area (Å²) in [6, 6.07) is 7.29. The molecule has 25 heavy (non-hydrogen) atoms. The van der Waals surface area contributed by atoms with Crippen molar-refractivity contribution in [1.82, 2.24) is 15.3 Å². The van der Waals surface area contributed by atoms with Crippen LogP contribution in [0.3, 0.4) is 0 Å². The van der Waals surface area contributed by atoms with E-state index in [4.69, 9.17) is 16.3 Å². The van der Waals surface area contributed by atoms with Crippen molar-refractivity contribution in [2.45, 2.75) is 32.8 Å². The first-order chi connectivity index (χ1) is 12.0. The largest absolute Gasteiger partial charge is 0.376 e. The molecule has 6 nitrogen and oxygen atoms in total. The average Bonchev–Trinajstić information content (AvgIpc) is 3.09. The summed E-state index contributed by atoms with van der Waals surface area (Å²) in [6.45, 7) is 4.96. The van der Waals surface area contributed by atoms with Gasteiger partial charge in [0.25, 0.3) is 5.91 Å². The first-order valence-electron chi connectivity index (χ1n) is 8.30. The Bertz CT molecular complexity index is 776. The zero-order valence-electron chi connectivity index (χ0n) is 14.3. The number of halogens is 1. The molecule has 0 saturated carbocycles. The van der Waals surface area contributed by atoms with Crippen LogP contribution in [0.25, 0.3) is 0 Å². The van der Waals surface area contributed by atoms with Gasteiger partial charge in [0, 0.05) is 29.9 Å². The Morgan fingerprint density at radius 2 is 2.16 bits per heavy atom. The monoisotopic (exact) mass is 360 g/mol. The second-order valence-electron chi connectivity index (χ2n) is 6.12. The van der Waals surface area contributed by atoms with Gasteiger partial charge in [0.05, 0.1) is 6.10 Å². The number of amides is 1. The summed E-state index contributed by atoms with van der Waals surface area (Å²) in [5, 5.41) is 6.71. The summed E-state index contributed by atoms with van der Waals surface area (Å²) < 4.78 is 5.51. The molecule has 1 amide bonds. The van der Waals surface area contributed by atoms with Gasteiger partial charge in [-0.05, 0) is 44.4 Å². The molecule has 1 aliphatic heterocycles. The van der Waals surface area contributed by atoms with Crippen LogP contribution in [-0.4, -0.2) is 35.1 Å². The zero-order valence-corrected chi connectivity index (χ0v) is 15.1. The molecule has 7 heteroatoms. The first-order valence-corrected chi connectivity index (χ1v) is 8.68. The fourth-order valence-electron chi connectivity index (χ4n) is 2.67. The van der Waals surface area contributed by atoms with Gasteiger partial charge in [0.1, 0.15) is 17.3 Å². The van der Waals surface area contributed by atoms with E-state index in [1.165, 1.54) is 0 Å². The van der Waals surface area contributed by atoms with Gasteiger partial charge >= 0.3 is 0 Å². The van der Waals surface area contributed by atoms with Crippen LogP contribution in [0.15, 0.2) is 24.3 Å². The van der Waals surface area contributed by atoms with Crippen LogP contribution in [0.1, 0.15) is 34.7 Å². The maximum absolute atomic E-state index is 12.4. The number of aromatic nitrogens is 2. The van der Waals surface area contributed by atoms with E-state index >= 15 is 0 Å². The third-order valence-electron chi connectivity index (χ3n) is 4.03. The number of benzene rings is 1. The van der Waals surface area contributed by atoms with E-state index in [0.717, 1.165) is 30.7 Å². The third kappa shape index (κ3) is 4.67. The summed E-state index contributed by atoms with van der Waals surface area (Å²) in [6.07, 6.45) is 2.11. The molecule has 1 fully saturated rings. The molecule has 1 unspecified atom stereocenters. The third-order valence-corrected chi connectivity index (χ3v) is 4.44. The van der Waals surface area contributed by atoms with Crippen molar-refractivity contribution >= 4 is 29.0 Å². The number of hydrogen-bond acceptors (Lipinski definition) is 5. The molecular weight excluding hydrogens is 340 g/mol. The lowest BCUT2D eigenvalue weighted by Crippen LogP contribution is -2.32. The Kier molecular flexibility index (Phi) is 5.50. The van der Waals surface area contributed by atoms with Crippen molar-refractivity contribution < 1.29 is 9.53 Å². The van der Waals surface area contributed by atoms with Gasteiger partial charge in [-0.3, -0.25) is 4.79 Å². The Morgan fingerprint density at radius 1 is 1.32 bits per heavy atom. The molecule has 1 saturated heterocycles. The van der Waals surface area contributed by atoms with E-state index in [1.807, 2.05) is 25.1 Å². The number of ether oxygens (including phenoxy) is 1. The molecule has 0 aliphatic carbocycles. The van der Waals surface area contributed by atoms with E-state index in [1.54, 1.807) is 13.0 Å². The summed E-state index contributed by atoms with van der Waals surface area (Å²) in [7, 11) is 0. The number of nitrogens with one attached hydrogen (secondary N) is 2. The number of nitrogens with zero attached hydrogens (tertiary/aromatic N) is 2. The van der Waals surface area contributed by atoms with Crippen LogP contribution in [-0.2, 0) is 4.74 Å². The fraction of sp³-hybridized carbons (Fsp3) is 0.389. The molecule has 1 aromatic heterocycles. The van der Waals surface area contributed by atoms with Gasteiger partial charge in [0.2, 0.25) is 0 Å². The normalized spacial score (nSPS) is 16.7. The van der Waals surface area contributed by atoms with Crippen molar-refractivity contribution in [2.75, 3.05) is 18.5 Å². The van der Waals surface area contributed by atoms with Crippen molar-refractivity contribution in [1.29, 1.82) is 0 Å². The summed E-state index contributed by atoms with van der Waals surface area (Å²) >= 11 is 6.15. The SMILES string of the molecule is Cc1nc(Nc2ccc(C)c(Cl)c2)cc(C(=O)NCC2CCCO2)n1. The molecule has 3 rings (SSSR count). The van der Waals surface area contributed by atoms with Crippen LogP contribution in [0, 0.1) is 13.8 Å². The van der Waals surface area contributed by atoms with Crippen LogP contribution in [0.5, 0.6) is 0 Å². The lowest BCUT2D eigenvalue weighted by atomic mass is 10.2. The van der Waals surface area contributed by atoms with E-state index in [2.05, 4.69) is 20.6 Å². The van der Waals surface area contributed by atoms with Crippen LogP contribution in [0.2, 0.25) is 5.02 Å². The number of aryl methyl sites for hydroxylation is 2. The van der Waals surface area contributed by atoms with Crippen LogP contribution < -0.4 is 10.6 Å². The Balaban J connectivity index is 1.70. The second-order valence-corrected chi connectivity index (χ2v) is 6.53. The number of anilines is 2. The topological polar surface area (TPSA) is 76.1 Å². The number of carbonyl (C=O) groups is 1. The highest BCUT2D eigenvalue weighted by Crippen LogP contribution is 2.22. The van der Waals surface area contributed by atoms with Gasteiger partial charge in [0.15, 0.2) is 0 Å². The van der Waals surface area contributed by atoms with Gasteiger partial charge < -0.3 is 15.4 Å². The maximum Gasteiger partial charge on any atom is 0.270 e. The lowest BCUT2D eigenvalue weighted by molar-refractivity contribution is 0.0853. The first kappa shape index (κ1) is 17.6. The molecule has 132 valence electrons. The van der Waals surface area contributed by atoms with E-state index in [0.29, 0.717) is 28.9 Å². The minimum absolute atomic E-state index is 0.0965. The fourth-order valence-corrected chi connectivity index (χ4v) is 2.85. The van der Waals surface area contributed by atoms with E-state index in [-0.39, 0.29) is 12.0 Å². The van der Waals surface area contributed by atoms with Crippen molar-refractivity contribution in [3.63, 3.8) is 0 Å². The highest BCUT2D eigenvalue weighted by Gasteiger charge is 2.17. The number of hydrogen-bond donors (Lipinski definition) is 2. The minimum Gasteiger partial charge on any atom is -0.376 e. The summed E-state index contributed by atoms with van der Waals surface area (Å²) in [4.78, 5) is 20.9. The molecular formula is C18H21ClN4O2. The van der Waals surface area contributed by atoms with Crippen molar-refractivity contribution in [3.8, 4) is 0 Å². The number of carbonyl (C=O) groups excluding carboxylic acids is 1. The Morgan fingerprint density at radius 3 is 2.88 bits per heavy atom. The zero-order chi connectivity index (χ0) is 17.8. The van der Waals surface area contributed by atoms with Crippen LogP contribution >= 0.6 is 11.6 Å². The second kappa shape index (κ2) is 7.80. The van der Waals surface area contributed by atoms with Crippen molar-refractivity contribution in [3.05, 3.63) is 46.4 Å². The van der Waals surface area contributed by atoms with Gasteiger partial charge in [-0.25, -0.2) is 9.97 Å². The smallest absolute Gasteiger partial charge is 0.270 e. The summed E-state index contributed by atoms with van der Waals surface area (Å²) in [5.74, 6) is 0.839. The van der Waals surface area contributed by atoms with Crippen LogP contribution in [0.4, 0.5) is 11.5 Å². The Labute approximate surface area is 152 Å². The molecule has 0 bridgehead atoms. The average molecular weight is 361 g/mol. The molecule has 1 atom stereocenters. The molecule has 1 aromatic carbocycles. The highest BCUT2D eigenvalue weighted by molar-refractivity contribution is 6.31.